The fourth-order valence-corrected chi connectivity index (χ4v) is 4.92. The molecule has 1 aliphatic heterocycles. The van der Waals surface area contributed by atoms with Crippen LogP contribution in [0.2, 0.25) is 0 Å². The first-order valence-corrected chi connectivity index (χ1v) is 8.79. The topological polar surface area (TPSA) is 34.2 Å². The van der Waals surface area contributed by atoms with Crippen molar-refractivity contribution in [2.45, 2.75) is 77.0 Å². The van der Waals surface area contributed by atoms with Crippen LogP contribution in [0.4, 0.5) is 0 Å². The molecule has 1 aromatic heterocycles. The average molecular weight is 294 g/mol. The monoisotopic (exact) mass is 294 g/mol. The van der Waals surface area contributed by atoms with Crippen LogP contribution >= 0.6 is 11.3 Å². The molecule has 1 aliphatic carbocycles. The molecule has 20 heavy (non-hydrogen) atoms. The Morgan fingerprint density at radius 3 is 2.85 bits per heavy atom. The Kier molecular flexibility index (Phi) is 4.16. The maximum atomic E-state index is 5.78. The number of ether oxygens (including phenoxy) is 1. The van der Waals surface area contributed by atoms with Crippen molar-refractivity contribution in [3.8, 4) is 0 Å². The van der Waals surface area contributed by atoms with Crippen molar-refractivity contribution >= 4 is 11.3 Å². The minimum atomic E-state index is 0.0356. The molecular formula is C16H26N2OS. The minimum Gasteiger partial charge on any atom is -0.378 e. The molecule has 4 heteroatoms. The maximum absolute atomic E-state index is 5.78. The van der Waals surface area contributed by atoms with Gasteiger partial charge in [0.1, 0.15) is 5.01 Å². The Morgan fingerprint density at radius 1 is 1.35 bits per heavy atom. The van der Waals surface area contributed by atoms with E-state index in [4.69, 9.17) is 9.72 Å². The third-order valence-corrected chi connectivity index (χ3v) is 5.75. The first-order chi connectivity index (χ1) is 9.59. The summed E-state index contributed by atoms with van der Waals surface area (Å²) in [6.07, 6.45) is 7.45. The van der Waals surface area contributed by atoms with E-state index < -0.39 is 0 Å². The SMILES string of the molecule is CC(C)NC1(c2nc3c(s2)CCCC3)CCOC(C)C1. The molecule has 0 spiro atoms. The molecular weight excluding hydrogens is 268 g/mol. The molecule has 1 aromatic rings. The summed E-state index contributed by atoms with van der Waals surface area (Å²) < 4.78 is 5.78. The lowest BCUT2D eigenvalue weighted by Crippen LogP contribution is -2.51. The molecule has 112 valence electrons. The van der Waals surface area contributed by atoms with Crippen molar-refractivity contribution in [2.24, 2.45) is 0 Å². The Labute approximate surface area is 126 Å². The summed E-state index contributed by atoms with van der Waals surface area (Å²) in [5.41, 5.74) is 1.41. The molecule has 2 unspecified atom stereocenters. The van der Waals surface area contributed by atoms with Crippen molar-refractivity contribution < 1.29 is 4.74 Å². The third kappa shape index (κ3) is 2.78. The number of nitrogens with zero attached hydrogens (tertiary/aromatic N) is 1. The van der Waals surface area contributed by atoms with Gasteiger partial charge in [0.2, 0.25) is 0 Å². The number of aryl methyl sites for hydroxylation is 2. The normalized spacial score (nSPS) is 30.5. The Balaban J connectivity index is 1.93. The van der Waals surface area contributed by atoms with Crippen molar-refractivity contribution in [3.05, 3.63) is 15.6 Å². The van der Waals surface area contributed by atoms with Gasteiger partial charge in [0.25, 0.3) is 0 Å². The van der Waals surface area contributed by atoms with Crippen LogP contribution in [0, 0.1) is 0 Å². The quantitative estimate of drug-likeness (QED) is 0.927. The number of fused-ring (bicyclic) bond motifs is 1. The largest absolute Gasteiger partial charge is 0.378 e. The number of thiazole rings is 1. The lowest BCUT2D eigenvalue weighted by atomic mass is 9.86. The van der Waals surface area contributed by atoms with Crippen LogP contribution in [-0.4, -0.2) is 23.7 Å². The maximum Gasteiger partial charge on any atom is 0.113 e. The van der Waals surface area contributed by atoms with E-state index in [0.29, 0.717) is 12.1 Å². The number of hydrogen-bond donors (Lipinski definition) is 1. The summed E-state index contributed by atoms with van der Waals surface area (Å²) in [5.74, 6) is 0. The highest BCUT2D eigenvalue weighted by Crippen LogP contribution is 2.40. The van der Waals surface area contributed by atoms with E-state index in [-0.39, 0.29) is 5.54 Å². The molecule has 2 atom stereocenters. The van der Waals surface area contributed by atoms with Crippen LogP contribution in [0.25, 0.3) is 0 Å². The van der Waals surface area contributed by atoms with Crippen molar-refractivity contribution in [3.63, 3.8) is 0 Å². The molecule has 2 aliphatic rings. The first kappa shape index (κ1) is 14.5. The zero-order valence-electron chi connectivity index (χ0n) is 12.9. The summed E-state index contributed by atoms with van der Waals surface area (Å²) in [5, 5.41) is 5.13. The van der Waals surface area contributed by atoms with E-state index in [0.717, 1.165) is 19.4 Å². The Hall–Kier alpha value is -0.450. The zero-order valence-corrected chi connectivity index (χ0v) is 13.7. The smallest absolute Gasteiger partial charge is 0.113 e. The molecule has 3 nitrogen and oxygen atoms in total. The van der Waals surface area contributed by atoms with Crippen LogP contribution in [0.3, 0.4) is 0 Å². The van der Waals surface area contributed by atoms with Gasteiger partial charge >= 0.3 is 0 Å². The van der Waals surface area contributed by atoms with Crippen LogP contribution < -0.4 is 5.32 Å². The highest BCUT2D eigenvalue weighted by molar-refractivity contribution is 7.11. The standard InChI is InChI=1S/C16H26N2OS/c1-11(2)18-16(8-9-19-12(3)10-16)15-17-13-6-4-5-7-14(13)20-15/h11-12,18H,4-10H2,1-3H3. The molecule has 0 saturated carbocycles. The van der Waals surface area contributed by atoms with E-state index in [1.807, 2.05) is 11.3 Å². The second-order valence-corrected chi connectivity index (χ2v) is 7.70. The number of aromatic nitrogens is 1. The summed E-state index contributed by atoms with van der Waals surface area (Å²) in [6.45, 7) is 7.49. The lowest BCUT2D eigenvalue weighted by molar-refractivity contribution is -0.0231. The fraction of sp³-hybridized carbons (Fsp3) is 0.812. The van der Waals surface area contributed by atoms with Gasteiger partial charge in [0.05, 0.1) is 17.3 Å². The van der Waals surface area contributed by atoms with Gasteiger partial charge in [-0.2, -0.15) is 0 Å². The van der Waals surface area contributed by atoms with Gasteiger partial charge in [-0.25, -0.2) is 4.98 Å². The van der Waals surface area contributed by atoms with Gasteiger partial charge in [-0.1, -0.05) is 0 Å². The van der Waals surface area contributed by atoms with Gasteiger partial charge in [0, 0.05) is 17.5 Å². The van der Waals surface area contributed by atoms with Gasteiger partial charge < -0.3 is 10.1 Å². The summed E-state index contributed by atoms with van der Waals surface area (Å²) >= 11 is 1.96. The number of hydrogen-bond acceptors (Lipinski definition) is 4. The van der Waals surface area contributed by atoms with E-state index >= 15 is 0 Å². The average Bonchev–Trinajstić information content (AvgIpc) is 2.82. The van der Waals surface area contributed by atoms with Crippen LogP contribution in [0.1, 0.15) is 62.0 Å². The van der Waals surface area contributed by atoms with Crippen LogP contribution in [0.5, 0.6) is 0 Å². The zero-order chi connectivity index (χ0) is 14.2. The van der Waals surface area contributed by atoms with E-state index in [1.54, 1.807) is 0 Å². The molecule has 1 N–H and O–H groups in total. The van der Waals surface area contributed by atoms with Crippen molar-refractivity contribution in [2.75, 3.05) is 6.61 Å². The molecule has 0 radical (unpaired) electrons. The second-order valence-electron chi connectivity index (χ2n) is 6.61. The number of nitrogens with one attached hydrogen (secondary N) is 1. The van der Waals surface area contributed by atoms with Gasteiger partial charge in [0.15, 0.2) is 0 Å². The lowest BCUT2D eigenvalue weighted by Gasteiger charge is -2.40. The van der Waals surface area contributed by atoms with Crippen LogP contribution in [0.15, 0.2) is 0 Å². The van der Waals surface area contributed by atoms with Crippen molar-refractivity contribution in [1.82, 2.24) is 10.3 Å². The predicted molar refractivity (Wildman–Crippen MR) is 83.4 cm³/mol. The third-order valence-electron chi connectivity index (χ3n) is 4.39. The second kappa shape index (κ2) is 5.74. The summed E-state index contributed by atoms with van der Waals surface area (Å²) in [6, 6.07) is 0.473. The van der Waals surface area contributed by atoms with E-state index in [2.05, 4.69) is 26.1 Å². The summed E-state index contributed by atoms with van der Waals surface area (Å²) in [7, 11) is 0. The molecule has 0 bridgehead atoms. The highest BCUT2D eigenvalue weighted by Gasteiger charge is 2.40. The van der Waals surface area contributed by atoms with E-state index in [9.17, 15) is 0 Å². The van der Waals surface area contributed by atoms with Gasteiger partial charge in [-0.05, 0) is 59.3 Å². The van der Waals surface area contributed by atoms with Crippen molar-refractivity contribution in [1.29, 1.82) is 0 Å². The molecule has 0 amide bonds. The molecule has 3 rings (SSSR count). The summed E-state index contributed by atoms with van der Waals surface area (Å²) in [4.78, 5) is 6.57. The minimum absolute atomic E-state index is 0.0356. The molecule has 1 saturated heterocycles. The van der Waals surface area contributed by atoms with Crippen LogP contribution in [-0.2, 0) is 23.1 Å². The fourth-order valence-electron chi connectivity index (χ4n) is 3.58. The van der Waals surface area contributed by atoms with E-state index in [1.165, 1.54) is 41.3 Å². The molecule has 0 aromatic carbocycles. The molecule has 1 fully saturated rings. The Morgan fingerprint density at radius 2 is 2.15 bits per heavy atom. The van der Waals surface area contributed by atoms with Gasteiger partial charge in [-0.15, -0.1) is 11.3 Å². The predicted octanol–water partition coefficient (Wildman–Crippen LogP) is 3.41. The van der Waals surface area contributed by atoms with Gasteiger partial charge in [-0.3, -0.25) is 0 Å². The highest BCUT2D eigenvalue weighted by atomic mass is 32.1. The number of rotatable bonds is 3. The molecule has 2 heterocycles. The Bertz CT molecular complexity index is 444. The first-order valence-electron chi connectivity index (χ1n) is 7.97.